The summed E-state index contributed by atoms with van der Waals surface area (Å²) in [5, 5.41) is 2.74. The van der Waals surface area contributed by atoms with Crippen LogP contribution in [-0.4, -0.2) is 25.1 Å². The molecular weight excluding hydrogens is 398 g/mol. The second-order valence-corrected chi connectivity index (χ2v) is 6.45. The molecule has 0 radical (unpaired) electrons. The highest BCUT2D eigenvalue weighted by Crippen LogP contribution is 2.13. The number of carbonyl (C=O) groups excluding carboxylic acids is 2. The fraction of sp³-hybridized carbons (Fsp3) is 0.200. The Kier molecular flexibility index (Phi) is 7.41. The molecule has 0 aliphatic heterocycles. The van der Waals surface area contributed by atoms with Crippen LogP contribution in [0.4, 0.5) is 0 Å². The minimum Gasteiger partial charge on any atom is -0.497 e. The summed E-state index contributed by atoms with van der Waals surface area (Å²) in [5.74, 6) is -0.179. The molecule has 6 heteroatoms. The molecule has 0 aliphatic carbocycles. The summed E-state index contributed by atoms with van der Waals surface area (Å²) in [6.45, 7) is 1.88. The van der Waals surface area contributed by atoms with Crippen LogP contribution in [0.2, 0.25) is 0 Å². The Labute approximate surface area is 161 Å². The Morgan fingerprint density at radius 3 is 2.58 bits per heavy atom. The lowest BCUT2D eigenvalue weighted by molar-refractivity contribution is -0.150. The van der Waals surface area contributed by atoms with Crippen LogP contribution in [0.25, 0.3) is 6.08 Å². The van der Waals surface area contributed by atoms with Gasteiger partial charge < -0.3 is 14.8 Å². The number of benzene rings is 2. The molecule has 1 atom stereocenters. The first kappa shape index (κ1) is 19.7. The maximum absolute atomic E-state index is 12.1. The van der Waals surface area contributed by atoms with Crippen LogP contribution in [0.5, 0.6) is 5.75 Å². The van der Waals surface area contributed by atoms with E-state index in [1.165, 1.54) is 13.0 Å². The fourth-order valence-electron chi connectivity index (χ4n) is 2.12. The van der Waals surface area contributed by atoms with E-state index in [0.29, 0.717) is 6.54 Å². The Bertz CT molecular complexity index is 787. The smallest absolute Gasteiger partial charge is 0.331 e. The molecule has 2 aromatic carbocycles. The molecule has 0 spiro atoms. The molecule has 5 nitrogen and oxygen atoms in total. The first-order valence-corrected chi connectivity index (χ1v) is 8.82. The van der Waals surface area contributed by atoms with Gasteiger partial charge in [-0.3, -0.25) is 4.79 Å². The zero-order valence-corrected chi connectivity index (χ0v) is 16.2. The standard InChI is InChI=1S/C20H20BrNO4/c1-14(20(24)22-13-16-6-9-18(25-2)10-7-16)26-19(23)11-8-15-4-3-5-17(21)12-15/h3-12,14H,13H2,1-2H3,(H,22,24)/b11-8+/t14-/m0/s1. The minimum absolute atomic E-state index is 0.346. The molecule has 1 N–H and O–H groups in total. The molecule has 0 aromatic heterocycles. The molecule has 0 heterocycles. The average molecular weight is 418 g/mol. The van der Waals surface area contributed by atoms with Gasteiger partial charge in [0.2, 0.25) is 0 Å². The monoisotopic (exact) mass is 417 g/mol. The second kappa shape index (κ2) is 9.77. The zero-order chi connectivity index (χ0) is 18.9. The molecule has 1 amide bonds. The summed E-state index contributed by atoms with van der Waals surface area (Å²) in [4.78, 5) is 23.9. The Balaban J connectivity index is 1.80. The van der Waals surface area contributed by atoms with Crippen LogP contribution in [0.3, 0.4) is 0 Å². The number of amides is 1. The van der Waals surface area contributed by atoms with Crippen molar-refractivity contribution < 1.29 is 19.1 Å². The Hall–Kier alpha value is -2.60. The molecule has 0 saturated carbocycles. The molecule has 0 saturated heterocycles. The number of hydrogen-bond donors (Lipinski definition) is 1. The summed E-state index contributed by atoms with van der Waals surface area (Å²) in [6.07, 6.45) is 2.05. The number of nitrogens with one attached hydrogen (secondary N) is 1. The molecule has 0 fully saturated rings. The van der Waals surface area contributed by atoms with Gasteiger partial charge in [-0.2, -0.15) is 0 Å². The quantitative estimate of drug-likeness (QED) is 0.550. The number of hydrogen-bond acceptors (Lipinski definition) is 4. The van der Waals surface area contributed by atoms with E-state index in [1.54, 1.807) is 13.2 Å². The molecule has 2 rings (SSSR count). The second-order valence-electron chi connectivity index (χ2n) is 5.53. The van der Waals surface area contributed by atoms with Gasteiger partial charge in [0.05, 0.1) is 7.11 Å². The van der Waals surface area contributed by atoms with Gasteiger partial charge in [-0.05, 0) is 48.4 Å². The minimum atomic E-state index is -0.882. The van der Waals surface area contributed by atoms with Crippen molar-refractivity contribution in [3.05, 3.63) is 70.2 Å². The van der Waals surface area contributed by atoms with Crippen molar-refractivity contribution in [2.24, 2.45) is 0 Å². The zero-order valence-electron chi connectivity index (χ0n) is 14.6. The third-order valence-electron chi connectivity index (χ3n) is 3.55. The lowest BCUT2D eigenvalue weighted by Crippen LogP contribution is -2.35. The maximum Gasteiger partial charge on any atom is 0.331 e. The summed E-state index contributed by atoms with van der Waals surface area (Å²) in [5.41, 5.74) is 1.78. The highest BCUT2D eigenvalue weighted by molar-refractivity contribution is 9.10. The first-order valence-electron chi connectivity index (χ1n) is 8.03. The van der Waals surface area contributed by atoms with Gasteiger partial charge in [0.1, 0.15) is 5.75 Å². The molecular formula is C20H20BrNO4. The summed E-state index contributed by atoms with van der Waals surface area (Å²) < 4.78 is 11.1. The van der Waals surface area contributed by atoms with Crippen molar-refractivity contribution in [3.8, 4) is 5.75 Å². The van der Waals surface area contributed by atoms with Crippen molar-refractivity contribution in [1.82, 2.24) is 5.32 Å². The predicted octanol–water partition coefficient (Wildman–Crippen LogP) is 3.72. The Morgan fingerprint density at radius 1 is 1.19 bits per heavy atom. The highest BCUT2D eigenvalue weighted by Gasteiger charge is 2.16. The number of halogens is 1. The molecule has 0 unspecified atom stereocenters. The van der Waals surface area contributed by atoms with Crippen LogP contribution in [0.1, 0.15) is 18.1 Å². The number of methoxy groups -OCH3 is 1. The van der Waals surface area contributed by atoms with E-state index in [4.69, 9.17) is 9.47 Å². The van der Waals surface area contributed by atoms with Crippen molar-refractivity contribution in [3.63, 3.8) is 0 Å². The van der Waals surface area contributed by atoms with E-state index < -0.39 is 12.1 Å². The number of carbonyl (C=O) groups is 2. The lowest BCUT2D eigenvalue weighted by Gasteiger charge is -2.12. The average Bonchev–Trinajstić information content (AvgIpc) is 2.65. The van der Waals surface area contributed by atoms with Gasteiger partial charge >= 0.3 is 5.97 Å². The van der Waals surface area contributed by atoms with Crippen LogP contribution in [0.15, 0.2) is 59.1 Å². The van der Waals surface area contributed by atoms with Crippen molar-refractivity contribution in [2.45, 2.75) is 19.6 Å². The van der Waals surface area contributed by atoms with E-state index in [2.05, 4.69) is 21.2 Å². The fourth-order valence-corrected chi connectivity index (χ4v) is 2.53. The van der Waals surface area contributed by atoms with E-state index >= 15 is 0 Å². The topological polar surface area (TPSA) is 64.6 Å². The van der Waals surface area contributed by atoms with Crippen LogP contribution >= 0.6 is 15.9 Å². The largest absolute Gasteiger partial charge is 0.497 e. The number of ether oxygens (including phenoxy) is 2. The van der Waals surface area contributed by atoms with Gasteiger partial charge in [0.15, 0.2) is 6.10 Å². The van der Waals surface area contributed by atoms with Gasteiger partial charge in [-0.1, -0.05) is 40.2 Å². The summed E-state index contributed by atoms with van der Waals surface area (Å²) in [7, 11) is 1.60. The SMILES string of the molecule is COc1ccc(CNC(=O)[C@H](C)OC(=O)/C=C/c2cccc(Br)c2)cc1. The van der Waals surface area contributed by atoms with Crippen LogP contribution in [0, 0.1) is 0 Å². The van der Waals surface area contributed by atoms with Crippen LogP contribution in [-0.2, 0) is 20.9 Å². The molecule has 0 aliphatic rings. The third-order valence-corrected chi connectivity index (χ3v) is 4.04. The highest BCUT2D eigenvalue weighted by atomic mass is 79.9. The molecule has 0 bridgehead atoms. The van der Waals surface area contributed by atoms with Gasteiger partial charge in [0.25, 0.3) is 5.91 Å². The van der Waals surface area contributed by atoms with Gasteiger partial charge in [-0.25, -0.2) is 4.79 Å². The van der Waals surface area contributed by atoms with E-state index in [1.807, 2.05) is 48.5 Å². The van der Waals surface area contributed by atoms with Gasteiger partial charge in [0, 0.05) is 17.1 Å². The normalized spacial score (nSPS) is 11.8. The van der Waals surface area contributed by atoms with E-state index in [-0.39, 0.29) is 5.91 Å². The number of esters is 1. The van der Waals surface area contributed by atoms with Crippen LogP contribution < -0.4 is 10.1 Å². The van der Waals surface area contributed by atoms with Crippen molar-refractivity contribution in [2.75, 3.05) is 7.11 Å². The lowest BCUT2D eigenvalue weighted by atomic mass is 10.2. The van der Waals surface area contributed by atoms with E-state index in [9.17, 15) is 9.59 Å². The predicted molar refractivity (Wildman–Crippen MR) is 104 cm³/mol. The summed E-state index contributed by atoms with van der Waals surface area (Å²) in [6, 6.07) is 14.8. The first-order chi connectivity index (χ1) is 12.5. The van der Waals surface area contributed by atoms with E-state index in [0.717, 1.165) is 21.3 Å². The third kappa shape index (κ3) is 6.37. The molecule has 136 valence electrons. The van der Waals surface area contributed by atoms with Gasteiger partial charge in [-0.15, -0.1) is 0 Å². The molecule has 2 aromatic rings. The molecule has 26 heavy (non-hydrogen) atoms. The van der Waals surface area contributed by atoms with Crippen molar-refractivity contribution in [1.29, 1.82) is 0 Å². The summed E-state index contributed by atoms with van der Waals surface area (Å²) >= 11 is 3.36. The maximum atomic E-state index is 12.1. The van der Waals surface area contributed by atoms with Crippen molar-refractivity contribution >= 4 is 33.9 Å². The number of rotatable bonds is 7. The Morgan fingerprint density at radius 2 is 1.92 bits per heavy atom.